The number of H-pyrrole nitrogens is 1. The Balaban J connectivity index is 0.000000627. The van der Waals surface area contributed by atoms with E-state index in [1.165, 1.54) is 64.5 Å². The van der Waals surface area contributed by atoms with E-state index in [1.807, 2.05) is 49.2 Å². The van der Waals surface area contributed by atoms with Crippen LogP contribution in [0.25, 0.3) is 0 Å². The van der Waals surface area contributed by atoms with Crippen LogP contribution in [-0.2, 0) is 52.9 Å². The summed E-state index contributed by atoms with van der Waals surface area (Å²) in [5.41, 5.74) is 7.62. The number of aromatic amines is 1. The van der Waals surface area contributed by atoms with Crippen molar-refractivity contribution in [1.29, 1.82) is 0 Å². The molecule has 0 aliphatic heterocycles. The molecule has 0 spiro atoms. The van der Waals surface area contributed by atoms with E-state index in [-0.39, 0.29) is 5.91 Å². The molecule has 0 fully saturated rings. The maximum atomic E-state index is 11.7. The lowest BCUT2D eigenvalue weighted by Crippen LogP contribution is -2.22. The van der Waals surface area contributed by atoms with Gasteiger partial charge in [0.15, 0.2) is 5.89 Å². The van der Waals surface area contributed by atoms with Crippen LogP contribution in [0.4, 0.5) is 0 Å². The Kier molecular flexibility index (Phi) is 50.6. The third kappa shape index (κ3) is 43.3. The van der Waals surface area contributed by atoms with Gasteiger partial charge in [-0.3, -0.25) is 9.59 Å². The second-order valence-corrected chi connectivity index (χ2v) is 40.9. The molecule has 0 radical (unpaired) electrons. The number of carbonyl (C=O) groups excluding carboxylic acids is 2. The molecular weight excluding hydrogens is 1470 g/mol. The number of aryl methyl sites for hydroxylation is 1. The highest BCUT2D eigenvalue weighted by atomic mass is 32.1. The predicted molar refractivity (Wildman–Crippen MR) is 476 cm³/mol. The lowest BCUT2D eigenvalue weighted by molar-refractivity contribution is -0.129. The molecule has 0 saturated heterocycles. The third-order valence-electron chi connectivity index (χ3n) is 17.1. The molecule has 0 aromatic carbocycles. The van der Waals surface area contributed by atoms with Crippen LogP contribution in [0.15, 0.2) is 44.4 Å². The van der Waals surface area contributed by atoms with Crippen molar-refractivity contribution in [3.8, 4) is 0 Å². The summed E-state index contributed by atoms with van der Waals surface area (Å²) in [6.07, 6.45) is 12.6. The number of nitrogens with zero attached hydrogens (tertiary/aromatic N) is 9. The Bertz CT molecular complexity index is 3310. The highest BCUT2D eigenvalue weighted by Gasteiger charge is 2.23. The van der Waals surface area contributed by atoms with Gasteiger partial charge in [-0.2, -0.15) is 0 Å². The van der Waals surface area contributed by atoms with Crippen molar-refractivity contribution in [3.05, 3.63) is 131 Å². The minimum Gasteiger partial charge on any atom is -0.468 e. The quantitative estimate of drug-likeness (QED) is 0.0322. The smallest absolute Gasteiger partial charge is 0.293 e. The Morgan fingerprint density at radius 1 is 0.486 bits per heavy atom. The molecule has 0 saturated carbocycles. The fraction of sp³-hybridized carbons (Fsp3) is 0.708. The zero-order valence-corrected chi connectivity index (χ0v) is 79.6. The van der Waals surface area contributed by atoms with Gasteiger partial charge in [0, 0.05) is 114 Å². The molecule has 8 aromatic rings. The van der Waals surface area contributed by atoms with Crippen molar-refractivity contribution < 1.29 is 18.7 Å². The number of nitrogens with one attached hydrogen (secondary N) is 1. The van der Waals surface area contributed by atoms with Crippen LogP contribution in [0.2, 0.25) is 0 Å². The van der Waals surface area contributed by atoms with Gasteiger partial charge in [-0.1, -0.05) is 222 Å². The highest BCUT2D eigenvalue weighted by Crippen LogP contribution is 2.35. The summed E-state index contributed by atoms with van der Waals surface area (Å²) < 4.78 is 10.3. The summed E-state index contributed by atoms with van der Waals surface area (Å²) >= 11 is 10.8. The fourth-order valence-electron chi connectivity index (χ4n) is 10.6. The largest absolute Gasteiger partial charge is 0.468 e. The van der Waals surface area contributed by atoms with Crippen LogP contribution >= 0.6 is 68.0 Å². The zero-order valence-electron chi connectivity index (χ0n) is 74.7. The highest BCUT2D eigenvalue weighted by molar-refractivity contribution is 7.12. The van der Waals surface area contributed by atoms with Crippen LogP contribution in [0.3, 0.4) is 0 Å². The number of imidazole rings is 1. The average Bonchev–Trinajstić information content (AvgIpc) is 1.72. The summed E-state index contributed by atoms with van der Waals surface area (Å²) in [4.78, 5) is 57.0. The molecule has 2 unspecified atom stereocenters. The standard InChI is InChI=1S/C15H26N2OS.C13H21NO2S.C11H19NS.C11H18S.C10H18N2.C10H17NO.C10H17NS.C9H16N2S/c1-10(2)12(7-8-14(18)17(5)6)15-16-13(9-19-15)11(3)4;1-9(2)11(5-6-16-8-15)13-14-12(7-17-13)10(3)4;1-7(2)6-10-12-11(8(3)4)9(5)13-10;1-8(2)5-11-6-10(7-12-11)9(3)4;2*1-7(2)5-10-11-6-9(12-10)8(3)4;1-7(2)5-9-6-12-10(11-9)8(3)4;1-6(2)5-8-10-11-9(12-8)7(3)4/h9-12H,7-8H2,1-6H3;7-11H,5-6H2,1-4H3;7-8H,6H2,1-5H3;6-9H,5H2,1-4H3;6-8H,5H2,1-4H3,(H,11,12);2*6-8H,5H2,1-4H3;6-7H,5H2,1-4H3. The molecule has 109 heavy (non-hydrogen) atoms. The van der Waals surface area contributed by atoms with Crippen molar-refractivity contribution in [1.82, 2.24) is 50.0 Å². The minimum atomic E-state index is 0.200. The third-order valence-corrected chi connectivity index (χ3v) is 23.5. The maximum Gasteiger partial charge on any atom is 0.293 e. The normalized spacial score (nSPS) is 12.0. The minimum absolute atomic E-state index is 0.200. The summed E-state index contributed by atoms with van der Waals surface area (Å²) in [5, 5.41) is 24.3. The molecule has 1 amide bonds. The Morgan fingerprint density at radius 3 is 1.39 bits per heavy atom. The first kappa shape index (κ1) is 102. The van der Waals surface area contributed by atoms with E-state index in [2.05, 4.69) is 296 Å². The second kappa shape index (κ2) is 54.0. The molecule has 0 aliphatic carbocycles. The maximum absolute atomic E-state index is 11.7. The van der Waals surface area contributed by atoms with Crippen LogP contribution in [0.1, 0.15) is 391 Å². The summed E-state index contributed by atoms with van der Waals surface area (Å²) in [6.45, 7) is 73.4. The van der Waals surface area contributed by atoms with Gasteiger partial charge in [0.1, 0.15) is 21.6 Å². The van der Waals surface area contributed by atoms with Gasteiger partial charge in [0.2, 0.25) is 5.91 Å². The monoisotopic (exact) mass is 1620 g/mol. The molecule has 1 N–H and O–H groups in total. The fourth-order valence-corrected chi connectivity index (χ4v) is 17.6. The molecule has 20 heteroatoms. The lowest BCUT2D eigenvalue weighted by atomic mass is 9.91. The number of carbonyl (C=O) groups is 2. The Hall–Kier alpha value is -4.86. The number of hydrogen-bond donors (Lipinski definition) is 1. The van der Waals surface area contributed by atoms with E-state index in [1.54, 1.807) is 50.2 Å². The molecule has 8 rings (SSSR count). The molecule has 618 valence electrons. The number of ether oxygens (including phenoxy) is 1. The van der Waals surface area contributed by atoms with Gasteiger partial charge < -0.3 is 19.0 Å². The number of thiophene rings is 1. The number of hydrogen-bond acceptors (Lipinski definition) is 18. The SMILES string of the molecule is CC(C)Cc1cc(C(C)C)cs1.CC(C)Cc1csc(C(C)C)n1.CC(C)Cc1ncc(C(C)C)[nH]1.CC(C)Cc1ncc(C(C)C)o1.CC(C)Cc1nnc(C(C)C)s1.CC(C)c1csc(C(CCC(=O)N(C)C)C(C)C)n1.CC(C)c1csc(C(CCOC=O)C(C)C)n1.Cc1sc(CC(C)C)nc1C(C)C. The van der Waals surface area contributed by atoms with Gasteiger partial charge >= 0.3 is 0 Å². The van der Waals surface area contributed by atoms with E-state index in [9.17, 15) is 9.59 Å². The molecule has 8 heterocycles. The van der Waals surface area contributed by atoms with Crippen molar-refractivity contribution >= 4 is 80.4 Å². The molecule has 14 nitrogen and oxygen atoms in total. The number of thiazole rings is 4. The van der Waals surface area contributed by atoms with Crippen molar-refractivity contribution in [2.45, 2.75) is 345 Å². The van der Waals surface area contributed by atoms with Gasteiger partial charge in [0.05, 0.1) is 55.6 Å². The molecular formula is C89H152N10O4S6. The van der Waals surface area contributed by atoms with E-state index in [0.717, 1.165) is 84.0 Å². The zero-order chi connectivity index (χ0) is 83.1. The van der Waals surface area contributed by atoms with Gasteiger partial charge in [-0.05, 0) is 127 Å². The molecule has 0 aliphatic rings. The van der Waals surface area contributed by atoms with Crippen LogP contribution in [0, 0.1) is 54.3 Å². The number of amides is 1. The first-order valence-corrected chi connectivity index (χ1v) is 45.9. The Labute approximate surface area is 688 Å². The number of rotatable bonds is 31. The van der Waals surface area contributed by atoms with Crippen molar-refractivity contribution in [2.24, 2.45) is 47.3 Å². The van der Waals surface area contributed by atoms with Gasteiger partial charge in [-0.25, -0.2) is 29.9 Å². The van der Waals surface area contributed by atoms with E-state index in [0.29, 0.717) is 120 Å². The second-order valence-electron chi connectivity index (χ2n) is 34.9. The molecule has 0 bridgehead atoms. The van der Waals surface area contributed by atoms with Crippen LogP contribution in [-0.4, -0.2) is 83.1 Å². The first-order valence-electron chi connectivity index (χ1n) is 40.8. The number of oxazole rings is 1. The number of aromatic nitrogens is 9. The summed E-state index contributed by atoms with van der Waals surface area (Å²) in [5.74, 6) is 13.4. The van der Waals surface area contributed by atoms with Crippen LogP contribution < -0.4 is 0 Å². The van der Waals surface area contributed by atoms with Gasteiger partial charge in [0.25, 0.3) is 6.47 Å². The van der Waals surface area contributed by atoms with E-state index < -0.39 is 0 Å². The summed E-state index contributed by atoms with van der Waals surface area (Å²) in [6, 6.07) is 2.36. The molecule has 2 atom stereocenters. The predicted octanol–water partition coefficient (Wildman–Crippen LogP) is 27.3. The van der Waals surface area contributed by atoms with Crippen molar-refractivity contribution in [2.75, 3.05) is 20.7 Å². The average molecular weight is 1620 g/mol. The Morgan fingerprint density at radius 2 is 1.00 bits per heavy atom. The molecule has 8 aromatic heterocycles. The van der Waals surface area contributed by atoms with Gasteiger partial charge in [-0.15, -0.1) is 78.2 Å². The lowest BCUT2D eigenvalue weighted by Gasteiger charge is -2.19. The van der Waals surface area contributed by atoms with Crippen LogP contribution in [0.5, 0.6) is 0 Å². The first-order chi connectivity index (χ1) is 50.8. The van der Waals surface area contributed by atoms with E-state index in [4.69, 9.17) is 14.1 Å². The van der Waals surface area contributed by atoms with Crippen molar-refractivity contribution in [3.63, 3.8) is 0 Å². The van der Waals surface area contributed by atoms with E-state index >= 15 is 0 Å². The topological polar surface area (TPSA) is 179 Å². The summed E-state index contributed by atoms with van der Waals surface area (Å²) in [7, 11) is 3.62.